The number of nitrogens with zero attached hydrogens (tertiary/aromatic N) is 1. The van der Waals surface area contributed by atoms with Gasteiger partial charge in [-0.25, -0.2) is 0 Å². The Morgan fingerprint density at radius 1 is 1.42 bits per heavy atom. The first-order chi connectivity index (χ1) is 9.07. The highest BCUT2D eigenvalue weighted by Gasteiger charge is 2.40. The van der Waals surface area contributed by atoms with Gasteiger partial charge in [0.05, 0.1) is 12.1 Å². The number of aryl methyl sites for hydroxylation is 1. The number of amides is 1. The molecule has 0 spiro atoms. The summed E-state index contributed by atoms with van der Waals surface area (Å²) in [5, 5.41) is 12.4. The van der Waals surface area contributed by atoms with Crippen LogP contribution in [0.25, 0.3) is 0 Å². The highest BCUT2D eigenvalue weighted by molar-refractivity contribution is 7.12. The summed E-state index contributed by atoms with van der Waals surface area (Å²) in [6.07, 6.45) is 4.49. The van der Waals surface area contributed by atoms with Crippen LogP contribution in [0.15, 0.2) is 12.1 Å². The van der Waals surface area contributed by atoms with Crippen LogP contribution in [0.5, 0.6) is 0 Å². The molecular weight excluding hydrogens is 256 g/mol. The Kier molecular flexibility index (Phi) is 4.26. The molecule has 0 saturated heterocycles. The average molecular weight is 276 g/mol. The Hall–Kier alpha value is -1.34. The number of nitrogens with one attached hydrogen (secondary N) is 1. The highest BCUT2D eigenvalue weighted by atomic mass is 32.1. The summed E-state index contributed by atoms with van der Waals surface area (Å²) in [6.45, 7) is 4.04. The van der Waals surface area contributed by atoms with E-state index in [1.54, 1.807) is 11.3 Å². The van der Waals surface area contributed by atoms with E-state index in [0.717, 1.165) is 24.1 Å². The molecule has 1 N–H and O–H groups in total. The summed E-state index contributed by atoms with van der Waals surface area (Å²) in [7, 11) is 0. The van der Waals surface area contributed by atoms with Crippen LogP contribution in [-0.4, -0.2) is 5.91 Å². The molecule has 1 unspecified atom stereocenters. The first-order valence-corrected chi connectivity index (χ1v) is 7.67. The quantitative estimate of drug-likeness (QED) is 0.915. The molecule has 1 atom stereocenters. The maximum absolute atomic E-state index is 12.4. The number of nitriles is 1. The van der Waals surface area contributed by atoms with Crippen molar-refractivity contribution in [3.05, 3.63) is 21.9 Å². The molecule has 1 aromatic rings. The maximum atomic E-state index is 12.4. The second-order valence-electron chi connectivity index (χ2n) is 5.40. The first-order valence-electron chi connectivity index (χ1n) is 6.86. The van der Waals surface area contributed by atoms with E-state index in [1.807, 2.05) is 13.0 Å². The van der Waals surface area contributed by atoms with Crippen molar-refractivity contribution in [2.75, 3.05) is 0 Å². The molecule has 19 heavy (non-hydrogen) atoms. The van der Waals surface area contributed by atoms with Crippen molar-refractivity contribution in [2.45, 2.75) is 52.0 Å². The fourth-order valence-electron chi connectivity index (χ4n) is 2.64. The van der Waals surface area contributed by atoms with Crippen LogP contribution in [0.3, 0.4) is 0 Å². The number of carbonyl (C=O) groups is 1. The zero-order valence-electron chi connectivity index (χ0n) is 11.5. The van der Waals surface area contributed by atoms with Crippen molar-refractivity contribution >= 4 is 17.2 Å². The van der Waals surface area contributed by atoms with Gasteiger partial charge < -0.3 is 5.32 Å². The van der Waals surface area contributed by atoms with Crippen molar-refractivity contribution in [1.82, 2.24) is 5.32 Å². The predicted octanol–water partition coefficient (Wildman–Crippen LogP) is 3.71. The number of thiophene rings is 1. The molecule has 0 bridgehead atoms. The topological polar surface area (TPSA) is 52.9 Å². The number of carbonyl (C=O) groups excluding carboxylic acids is 1. The largest absolute Gasteiger partial charge is 0.347 e. The van der Waals surface area contributed by atoms with E-state index >= 15 is 0 Å². The molecule has 0 radical (unpaired) electrons. The van der Waals surface area contributed by atoms with E-state index in [2.05, 4.69) is 24.4 Å². The smallest absolute Gasteiger partial charge is 0.240 e. The molecule has 102 valence electrons. The van der Waals surface area contributed by atoms with Gasteiger partial charge in [0.15, 0.2) is 0 Å². The first kappa shape index (κ1) is 14.1. The van der Waals surface area contributed by atoms with Crippen molar-refractivity contribution in [3.8, 4) is 6.07 Å². The zero-order valence-corrected chi connectivity index (χ0v) is 12.3. The average Bonchev–Trinajstić information content (AvgIpc) is 2.86. The molecule has 1 aromatic heterocycles. The Labute approximate surface area is 118 Å². The van der Waals surface area contributed by atoms with Crippen LogP contribution in [0, 0.1) is 23.7 Å². The molecule has 3 nitrogen and oxygen atoms in total. The second-order valence-corrected chi connectivity index (χ2v) is 6.72. The SMILES string of the molecule is Cc1ccc(C(C)NC(=O)C2(C#N)CCCCC2)s1. The van der Waals surface area contributed by atoms with Gasteiger partial charge in [-0.1, -0.05) is 19.3 Å². The molecule has 1 aliphatic carbocycles. The molecular formula is C15H20N2OS. The fraction of sp³-hybridized carbons (Fsp3) is 0.600. The standard InChI is InChI=1S/C15H20N2OS/c1-11-6-7-13(19-11)12(2)17-14(18)15(10-16)8-4-3-5-9-15/h6-7,12H,3-5,8-9H2,1-2H3,(H,17,18). The van der Waals surface area contributed by atoms with Crippen LogP contribution in [-0.2, 0) is 4.79 Å². The van der Waals surface area contributed by atoms with Gasteiger partial charge in [-0.2, -0.15) is 5.26 Å². The minimum absolute atomic E-state index is 0.0154. The van der Waals surface area contributed by atoms with E-state index in [4.69, 9.17) is 0 Å². The lowest BCUT2D eigenvalue weighted by Gasteiger charge is -2.30. The van der Waals surface area contributed by atoms with Crippen LogP contribution >= 0.6 is 11.3 Å². The maximum Gasteiger partial charge on any atom is 0.240 e. The van der Waals surface area contributed by atoms with Gasteiger partial charge in [0.2, 0.25) is 5.91 Å². The van der Waals surface area contributed by atoms with Crippen molar-refractivity contribution in [1.29, 1.82) is 5.26 Å². The third kappa shape index (κ3) is 2.98. The molecule has 1 saturated carbocycles. The van der Waals surface area contributed by atoms with Gasteiger partial charge in [-0.05, 0) is 38.8 Å². The van der Waals surface area contributed by atoms with Gasteiger partial charge in [-0.15, -0.1) is 11.3 Å². The highest BCUT2D eigenvalue weighted by Crippen LogP contribution is 2.36. The van der Waals surface area contributed by atoms with Crippen molar-refractivity contribution in [3.63, 3.8) is 0 Å². The van der Waals surface area contributed by atoms with E-state index in [1.165, 1.54) is 4.88 Å². The summed E-state index contributed by atoms with van der Waals surface area (Å²) in [4.78, 5) is 14.8. The van der Waals surface area contributed by atoms with E-state index < -0.39 is 5.41 Å². The lowest BCUT2D eigenvalue weighted by atomic mass is 9.74. The lowest BCUT2D eigenvalue weighted by molar-refractivity contribution is -0.130. The second kappa shape index (κ2) is 5.75. The number of rotatable bonds is 3. The van der Waals surface area contributed by atoms with Gasteiger partial charge in [0.25, 0.3) is 0 Å². The zero-order chi connectivity index (χ0) is 13.9. The molecule has 1 fully saturated rings. The Bertz CT molecular complexity index is 494. The minimum Gasteiger partial charge on any atom is -0.347 e. The van der Waals surface area contributed by atoms with Gasteiger partial charge in [0.1, 0.15) is 5.41 Å². The van der Waals surface area contributed by atoms with E-state index in [0.29, 0.717) is 12.8 Å². The van der Waals surface area contributed by atoms with Gasteiger partial charge in [-0.3, -0.25) is 4.79 Å². The number of hydrogen-bond donors (Lipinski definition) is 1. The molecule has 1 amide bonds. The van der Waals surface area contributed by atoms with Crippen LogP contribution < -0.4 is 5.32 Å². The monoisotopic (exact) mass is 276 g/mol. The lowest BCUT2D eigenvalue weighted by Crippen LogP contribution is -2.42. The predicted molar refractivity (Wildman–Crippen MR) is 76.7 cm³/mol. The summed E-state index contributed by atoms with van der Waals surface area (Å²) in [5.74, 6) is -0.0896. The van der Waals surface area contributed by atoms with E-state index in [-0.39, 0.29) is 11.9 Å². The molecule has 0 aromatic carbocycles. The van der Waals surface area contributed by atoms with Crippen molar-refractivity contribution in [2.24, 2.45) is 5.41 Å². The summed E-state index contributed by atoms with van der Waals surface area (Å²) in [6, 6.07) is 6.36. The fourth-order valence-corrected chi connectivity index (χ4v) is 3.52. The molecule has 1 aliphatic rings. The Morgan fingerprint density at radius 3 is 2.63 bits per heavy atom. The van der Waals surface area contributed by atoms with Crippen LogP contribution in [0.2, 0.25) is 0 Å². The normalized spacial score (nSPS) is 19.4. The van der Waals surface area contributed by atoms with Gasteiger partial charge >= 0.3 is 0 Å². The van der Waals surface area contributed by atoms with Crippen LogP contribution in [0.1, 0.15) is 54.8 Å². The van der Waals surface area contributed by atoms with Gasteiger partial charge in [0, 0.05) is 9.75 Å². The third-order valence-corrected chi connectivity index (χ3v) is 5.07. The molecule has 2 rings (SSSR count). The molecule has 4 heteroatoms. The third-order valence-electron chi connectivity index (χ3n) is 3.89. The Balaban J connectivity index is 2.05. The Morgan fingerprint density at radius 2 is 2.11 bits per heavy atom. The van der Waals surface area contributed by atoms with Crippen LogP contribution in [0.4, 0.5) is 0 Å². The number of hydrogen-bond acceptors (Lipinski definition) is 3. The minimum atomic E-state index is -0.793. The summed E-state index contributed by atoms with van der Waals surface area (Å²) >= 11 is 1.69. The van der Waals surface area contributed by atoms with E-state index in [9.17, 15) is 10.1 Å². The summed E-state index contributed by atoms with van der Waals surface area (Å²) < 4.78 is 0. The van der Waals surface area contributed by atoms with Crippen molar-refractivity contribution < 1.29 is 4.79 Å². The molecule has 0 aliphatic heterocycles. The molecule has 1 heterocycles. The summed E-state index contributed by atoms with van der Waals surface area (Å²) in [5.41, 5.74) is -0.793.